The smallest absolute Gasteiger partial charge is 0.331 e. The molecular weight excluding hydrogens is 240 g/mol. The lowest BCUT2D eigenvalue weighted by Gasteiger charge is -2.26. The second kappa shape index (κ2) is 4.72. The lowest BCUT2D eigenvalue weighted by atomic mass is 9.78. The van der Waals surface area contributed by atoms with Crippen molar-refractivity contribution in [2.45, 2.75) is 38.5 Å². The van der Waals surface area contributed by atoms with Gasteiger partial charge in [0.25, 0.3) is 0 Å². The van der Waals surface area contributed by atoms with Crippen molar-refractivity contribution < 1.29 is 15.0 Å². The largest absolute Gasteiger partial charge is 0.508 e. The summed E-state index contributed by atoms with van der Waals surface area (Å²) in [6.45, 7) is 0. The van der Waals surface area contributed by atoms with Crippen molar-refractivity contribution >= 4 is 11.5 Å². The Kier molecular flexibility index (Phi) is 3.05. The highest BCUT2D eigenvalue weighted by atomic mass is 16.4. The summed E-state index contributed by atoms with van der Waals surface area (Å²) in [5.41, 5.74) is 3.69. The molecule has 1 fully saturated rings. The normalized spacial score (nSPS) is 19.6. The van der Waals surface area contributed by atoms with E-state index in [4.69, 9.17) is 0 Å². The lowest BCUT2D eigenvalue weighted by Crippen LogP contribution is -2.16. The van der Waals surface area contributed by atoms with Crippen LogP contribution in [0.25, 0.3) is 5.57 Å². The number of rotatable bonds is 2. The van der Waals surface area contributed by atoms with Crippen LogP contribution in [0.15, 0.2) is 23.8 Å². The van der Waals surface area contributed by atoms with E-state index in [2.05, 4.69) is 0 Å². The van der Waals surface area contributed by atoms with Gasteiger partial charge >= 0.3 is 5.97 Å². The summed E-state index contributed by atoms with van der Waals surface area (Å²) in [7, 11) is 0. The van der Waals surface area contributed by atoms with Gasteiger partial charge in [-0.25, -0.2) is 4.79 Å². The molecule has 1 saturated carbocycles. The molecule has 2 aliphatic rings. The van der Waals surface area contributed by atoms with Crippen molar-refractivity contribution in [1.29, 1.82) is 0 Å². The molecule has 0 amide bonds. The standard InChI is InChI=1S/C16H18O3/c17-12-7-5-10-6-8-13(16(18)19)15(14(10)9-12)11-3-1-2-4-11/h5,7,9,11,17H,1-4,6,8H2,(H,18,19). The third kappa shape index (κ3) is 2.14. The van der Waals surface area contributed by atoms with E-state index in [1.54, 1.807) is 12.1 Å². The Morgan fingerprint density at radius 1 is 1.16 bits per heavy atom. The summed E-state index contributed by atoms with van der Waals surface area (Å²) in [4.78, 5) is 11.5. The molecule has 3 rings (SSSR count). The molecule has 0 saturated heterocycles. The summed E-state index contributed by atoms with van der Waals surface area (Å²) in [5, 5.41) is 19.1. The highest BCUT2D eigenvalue weighted by molar-refractivity contribution is 5.98. The Morgan fingerprint density at radius 2 is 1.89 bits per heavy atom. The summed E-state index contributed by atoms with van der Waals surface area (Å²) in [6.07, 6.45) is 5.86. The summed E-state index contributed by atoms with van der Waals surface area (Å²) >= 11 is 0. The number of aliphatic carboxylic acids is 1. The van der Waals surface area contributed by atoms with Crippen molar-refractivity contribution in [2.24, 2.45) is 5.92 Å². The average molecular weight is 258 g/mol. The van der Waals surface area contributed by atoms with Gasteiger partial charge in [-0.05, 0) is 60.4 Å². The zero-order valence-electron chi connectivity index (χ0n) is 10.9. The Hall–Kier alpha value is -1.77. The van der Waals surface area contributed by atoms with E-state index < -0.39 is 5.97 Å². The monoisotopic (exact) mass is 258 g/mol. The number of hydrogen-bond acceptors (Lipinski definition) is 2. The third-order valence-corrected chi connectivity index (χ3v) is 4.37. The second-order valence-corrected chi connectivity index (χ2v) is 5.52. The van der Waals surface area contributed by atoms with Gasteiger partial charge < -0.3 is 10.2 Å². The number of carbonyl (C=O) groups is 1. The van der Waals surface area contributed by atoms with Gasteiger partial charge in [-0.15, -0.1) is 0 Å². The quantitative estimate of drug-likeness (QED) is 0.855. The van der Waals surface area contributed by atoms with Gasteiger partial charge in [0.2, 0.25) is 0 Å². The van der Waals surface area contributed by atoms with E-state index in [1.165, 1.54) is 18.4 Å². The van der Waals surface area contributed by atoms with E-state index in [-0.39, 0.29) is 5.75 Å². The van der Waals surface area contributed by atoms with Crippen LogP contribution >= 0.6 is 0 Å². The molecule has 3 nitrogen and oxygen atoms in total. The van der Waals surface area contributed by atoms with Gasteiger partial charge in [-0.1, -0.05) is 18.9 Å². The van der Waals surface area contributed by atoms with E-state index >= 15 is 0 Å². The Balaban J connectivity index is 2.16. The first-order valence-corrected chi connectivity index (χ1v) is 6.95. The van der Waals surface area contributed by atoms with Crippen LogP contribution in [0.5, 0.6) is 5.75 Å². The minimum absolute atomic E-state index is 0.223. The molecule has 100 valence electrons. The molecule has 0 radical (unpaired) electrons. The van der Waals surface area contributed by atoms with Gasteiger partial charge in [-0.2, -0.15) is 0 Å². The Labute approximate surface area is 112 Å². The summed E-state index contributed by atoms with van der Waals surface area (Å²) in [5.74, 6) is -0.219. The Bertz CT molecular complexity index is 551. The molecule has 1 aromatic rings. The molecule has 0 atom stereocenters. The number of carboxylic acids is 1. The minimum atomic E-state index is -0.795. The predicted molar refractivity (Wildman–Crippen MR) is 72.9 cm³/mol. The number of allylic oxidation sites excluding steroid dienone is 1. The number of hydrogen-bond donors (Lipinski definition) is 2. The van der Waals surface area contributed by atoms with Crippen LogP contribution < -0.4 is 0 Å². The average Bonchev–Trinajstić information content (AvgIpc) is 2.90. The van der Waals surface area contributed by atoms with Crippen molar-refractivity contribution in [3.63, 3.8) is 0 Å². The molecule has 1 aromatic carbocycles. The number of phenolic OH excluding ortho intramolecular Hbond substituents is 1. The fourth-order valence-corrected chi connectivity index (χ4v) is 3.49. The molecule has 2 N–H and O–H groups in total. The maximum Gasteiger partial charge on any atom is 0.331 e. The van der Waals surface area contributed by atoms with Crippen molar-refractivity contribution in [3.8, 4) is 5.75 Å². The van der Waals surface area contributed by atoms with Crippen LogP contribution in [-0.4, -0.2) is 16.2 Å². The first kappa shape index (κ1) is 12.3. The van der Waals surface area contributed by atoms with Crippen LogP contribution in [0.2, 0.25) is 0 Å². The van der Waals surface area contributed by atoms with Gasteiger partial charge in [0.15, 0.2) is 0 Å². The number of aromatic hydroxyl groups is 1. The van der Waals surface area contributed by atoms with Crippen LogP contribution in [-0.2, 0) is 11.2 Å². The molecule has 0 aromatic heterocycles. The highest BCUT2D eigenvalue weighted by Crippen LogP contribution is 2.44. The van der Waals surface area contributed by atoms with Crippen LogP contribution in [0, 0.1) is 5.92 Å². The third-order valence-electron chi connectivity index (χ3n) is 4.37. The number of benzene rings is 1. The molecule has 0 bridgehead atoms. The summed E-state index contributed by atoms with van der Waals surface area (Å²) in [6, 6.07) is 5.36. The molecule has 0 heterocycles. The molecule has 0 aliphatic heterocycles. The molecule has 19 heavy (non-hydrogen) atoms. The number of phenols is 1. The van der Waals surface area contributed by atoms with Gasteiger partial charge in [0, 0.05) is 5.57 Å². The van der Waals surface area contributed by atoms with Gasteiger partial charge in [-0.3, -0.25) is 0 Å². The van der Waals surface area contributed by atoms with E-state index in [0.717, 1.165) is 30.4 Å². The van der Waals surface area contributed by atoms with Crippen LogP contribution in [0.1, 0.15) is 43.2 Å². The van der Waals surface area contributed by atoms with Crippen LogP contribution in [0.3, 0.4) is 0 Å². The molecule has 3 heteroatoms. The number of fused-ring (bicyclic) bond motifs is 1. The topological polar surface area (TPSA) is 57.5 Å². The fraction of sp³-hybridized carbons (Fsp3) is 0.438. The maximum absolute atomic E-state index is 11.5. The minimum Gasteiger partial charge on any atom is -0.508 e. The van der Waals surface area contributed by atoms with Crippen molar-refractivity contribution in [3.05, 3.63) is 34.9 Å². The molecule has 0 unspecified atom stereocenters. The summed E-state index contributed by atoms with van der Waals surface area (Å²) < 4.78 is 0. The lowest BCUT2D eigenvalue weighted by molar-refractivity contribution is -0.132. The van der Waals surface area contributed by atoms with Crippen molar-refractivity contribution in [1.82, 2.24) is 0 Å². The predicted octanol–water partition coefficient (Wildman–Crippen LogP) is 3.37. The SMILES string of the molecule is O=C(O)C1=C(C2CCCC2)c2cc(O)ccc2CC1. The van der Waals surface area contributed by atoms with E-state index in [1.807, 2.05) is 6.07 Å². The van der Waals surface area contributed by atoms with E-state index in [0.29, 0.717) is 17.9 Å². The van der Waals surface area contributed by atoms with Crippen molar-refractivity contribution in [2.75, 3.05) is 0 Å². The fourth-order valence-electron chi connectivity index (χ4n) is 3.49. The molecular formula is C16H18O3. The first-order chi connectivity index (χ1) is 9.16. The molecule has 0 spiro atoms. The first-order valence-electron chi connectivity index (χ1n) is 6.95. The highest BCUT2D eigenvalue weighted by Gasteiger charge is 2.30. The zero-order chi connectivity index (χ0) is 13.4. The zero-order valence-corrected chi connectivity index (χ0v) is 10.9. The van der Waals surface area contributed by atoms with E-state index in [9.17, 15) is 15.0 Å². The second-order valence-electron chi connectivity index (χ2n) is 5.52. The molecule has 2 aliphatic carbocycles. The maximum atomic E-state index is 11.5. The number of carboxylic acid groups (broad SMARTS) is 1. The van der Waals surface area contributed by atoms with Crippen LogP contribution in [0.4, 0.5) is 0 Å². The van der Waals surface area contributed by atoms with Gasteiger partial charge in [0.05, 0.1) is 0 Å². The Morgan fingerprint density at radius 3 is 2.58 bits per heavy atom. The number of aryl methyl sites for hydroxylation is 1. The van der Waals surface area contributed by atoms with Gasteiger partial charge in [0.1, 0.15) is 5.75 Å².